The van der Waals surface area contributed by atoms with Crippen LogP contribution < -0.4 is 21.3 Å². The molecule has 0 saturated carbocycles. The van der Waals surface area contributed by atoms with Crippen LogP contribution in [0.2, 0.25) is 0 Å². The minimum absolute atomic E-state index is 0.0210. The lowest BCUT2D eigenvalue weighted by molar-refractivity contribution is -0.144. The van der Waals surface area contributed by atoms with E-state index in [1.165, 1.54) is 4.90 Å². The Morgan fingerprint density at radius 2 is 1.55 bits per heavy atom. The number of phenols is 1. The number of nitrogen functional groups attached to an aromatic ring is 1. The number of phenolic OH excluding ortho intramolecular Hbond substituents is 1. The zero-order chi connectivity index (χ0) is 46.0. The number of amides is 4. The van der Waals surface area contributed by atoms with Crippen LogP contribution in [0.25, 0.3) is 21.7 Å². The number of benzene rings is 2. The monoisotopic (exact) mass is 895 g/mol. The molecule has 0 bridgehead atoms. The van der Waals surface area contributed by atoms with E-state index < -0.39 is 23.6 Å². The van der Waals surface area contributed by atoms with Crippen LogP contribution in [0.3, 0.4) is 0 Å². The third-order valence-electron chi connectivity index (χ3n) is 12.3. The fraction of sp³-hybridized carbons (Fsp3) is 0.521. The predicted molar refractivity (Wildman–Crippen MR) is 250 cm³/mol. The number of nitrogens with zero attached hydrogens (tertiary/aromatic N) is 6. The van der Waals surface area contributed by atoms with E-state index in [1.807, 2.05) is 81.4 Å². The van der Waals surface area contributed by atoms with Gasteiger partial charge in [0.05, 0.1) is 39.6 Å². The molecule has 4 atom stereocenters. The Bertz CT molecular complexity index is 2220. The van der Waals surface area contributed by atoms with Gasteiger partial charge in [-0.3, -0.25) is 19.2 Å². The molecule has 16 heteroatoms. The van der Waals surface area contributed by atoms with Crippen molar-refractivity contribution in [2.45, 2.75) is 123 Å². The number of piperazine rings is 1. The summed E-state index contributed by atoms with van der Waals surface area (Å²) >= 11 is 1.58. The fourth-order valence-corrected chi connectivity index (χ4v) is 9.33. The molecule has 2 aromatic carbocycles. The summed E-state index contributed by atoms with van der Waals surface area (Å²) in [6.45, 7) is 12.0. The lowest BCUT2D eigenvalue weighted by Gasteiger charge is -2.36. The van der Waals surface area contributed by atoms with Crippen LogP contribution in [-0.2, 0) is 19.2 Å². The first-order valence-corrected chi connectivity index (χ1v) is 23.5. The van der Waals surface area contributed by atoms with Crippen molar-refractivity contribution in [3.8, 4) is 27.4 Å². The second-order valence-corrected chi connectivity index (χ2v) is 19.1. The maximum atomic E-state index is 14.1. The highest BCUT2D eigenvalue weighted by Crippen LogP contribution is 2.33. The minimum atomic E-state index is -0.866. The number of aliphatic hydroxyl groups is 1. The number of hydrogen-bond acceptors (Lipinski definition) is 12. The van der Waals surface area contributed by atoms with E-state index in [0.29, 0.717) is 56.1 Å². The molecule has 2 aliphatic rings. The second kappa shape index (κ2) is 21.8. The van der Waals surface area contributed by atoms with Crippen LogP contribution in [0, 0.1) is 12.3 Å². The summed E-state index contributed by atoms with van der Waals surface area (Å²) in [4.78, 5) is 64.8. The molecule has 15 nitrogen and oxygen atoms in total. The van der Waals surface area contributed by atoms with Crippen LogP contribution in [-0.4, -0.2) is 110 Å². The van der Waals surface area contributed by atoms with Gasteiger partial charge in [-0.1, -0.05) is 89.3 Å². The van der Waals surface area contributed by atoms with E-state index in [-0.39, 0.29) is 54.8 Å². The smallest absolute Gasteiger partial charge is 0.246 e. The number of carbonyl (C=O) groups is 4. The molecule has 4 heterocycles. The number of anilines is 2. The van der Waals surface area contributed by atoms with Crippen LogP contribution in [0.1, 0.15) is 109 Å². The summed E-state index contributed by atoms with van der Waals surface area (Å²) in [6.07, 6.45) is 6.42. The minimum Gasteiger partial charge on any atom is -0.507 e. The number of aryl methyl sites for hydroxylation is 1. The van der Waals surface area contributed by atoms with Gasteiger partial charge in [-0.15, -0.1) is 21.5 Å². The van der Waals surface area contributed by atoms with Crippen molar-refractivity contribution in [2.75, 3.05) is 43.4 Å². The average Bonchev–Trinajstić information content (AvgIpc) is 3.89. The van der Waals surface area contributed by atoms with Crippen molar-refractivity contribution in [3.05, 3.63) is 71.4 Å². The van der Waals surface area contributed by atoms with Crippen molar-refractivity contribution in [2.24, 2.45) is 5.41 Å². The van der Waals surface area contributed by atoms with E-state index in [4.69, 9.17) is 5.73 Å². The van der Waals surface area contributed by atoms with E-state index in [0.717, 1.165) is 65.9 Å². The first-order valence-electron chi connectivity index (χ1n) is 22.6. The highest BCUT2D eigenvalue weighted by molar-refractivity contribution is 7.13. The van der Waals surface area contributed by atoms with Crippen LogP contribution >= 0.6 is 11.3 Å². The Morgan fingerprint density at radius 1 is 0.891 bits per heavy atom. The second-order valence-electron chi connectivity index (χ2n) is 18.2. The van der Waals surface area contributed by atoms with E-state index in [2.05, 4.69) is 30.7 Å². The Balaban J connectivity index is 0.866. The molecule has 2 fully saturated rings. The van der Waals surface area contributed by atoms with Gasteiger partial charge in [0, 0.05) is 57.5 Å². The molecule has 2 aliphatic heterocycles. The number of para-hydroxylation sites is 1. The van der Waals surface area contributed by atoms with E-state index in [9.17, 15) is 29.4 Å². The number of hydrogen-bond donors (Lipinski definition) is 5. The summed E-state index contributed by atoms with van der Waals surface area (Å²) in [5.74, 6) is -0.333. The molecule has 64 heavy (non-hydrogen) atoms. The Morgan fingerprint density at radius 3 is 2.19 bits per heavy atom. The van der Waals surface area contributed by atoms with Gasteiger partial charge in [-0.2, -0.15) is 0 Å². The summed E-state index contributed by atoms with van der Waals surface area (Å²) in [5.41, 5.74) is 12.2. The standard InChI is InChI=1S/C48H65N9O6S/c1-31(33-19-21-34(22-20-33)43-32(2)50-30-64-43)51-46(62)39-27-35(58)29-57(39)47(63)44(48(3,4)5)52-41(60)17-11-9-7-6-8-10-12-18-42(61)56-25-23-55(24-26-56)38-28-37(53-54-45(38)49)36-15-13-14-16-40(36)59/h13-16,19-22,28,30-31,35,39,44,58-59H,6-12,17-18,23-27,29H2,1-5H3,(H2,49,54)(H,51,62)(H,52,60)/t31-,35+,39-,44+/m0/s1. The zero-order valence-corrected chi connectivity index (χ0v) is 38.7. The molecule has 0 aliphatic carbocycles. The quantitative estimate of drug-likeness (QED) is 0.0692. The number of aromatic hydroxyl groups is 1. The van der Waals surface area contributed by atoms with Gasteiger partial charge in [-0.25, -0.2) is 4.98 Å². The van der Waals surface area contributed by atoms with Crippen molar-refractivity contribution >= 4 is 46.5 Å². The number of unbranched alkanes of at least 4 members (excludes halogenated alkanes) is 6. The Hall–Kier alpha value is -5.61. The van der Waals surface area contributed by atoms with Gasteiger partial charge in [0.2, 0.25) is 23.6 Å². The highest BCUT2D eigenvalue weighted by Gasteiger charge is 2.44. The van der Waals surface area contributed by atoms with Gasteiger partial charge in [-0.05, 0) is 61.4 Å². The summed E-state index contributed by atoms with van der Waals surface area (Å²) in [5, 5.41) is 35.2. The molecule has 6 rings (SSSR count). The summed E-state index contributed by atoms with van der Waals surface area (Å²) in [7, 11) is 0. The van der Waals surface area contributed by atoms with Crippen LogP contribution in [0.4, 0.5) is 11.5 Å². The largest absolute Gasteiger partial charge is 0.507 e. The fourth-order valence-electron chi connectivity index (χ4n) is 8.52. The van der Waals surface area contributed by atoms with Gasteiger partial charge in [0.1, 0.15) is 17.8 Å². The maximum absolute atomic E-state index is 14.1. The lowest BCUT2D eigenvalue weighted by atomic mass is 9.85. The number of nitrogens with two attached hydrogens (primary N) is 1. The van der Waals surface area contributed by atoms with E-state index in [1.54, 1.807) is 29.5 Å². The summed E-state index contributed by atoms with van der Waals surface area (Å²) < 4.78 is 0. The highest BCUT2D eigenvalue weighted by atomic mass is 32.1. The molecule has 0 unspecified atom stereocenters. The topological polar surface area (TPSA) is 207 Å². The number of nitrogens with one attached hydrogen (secondary N) is 2. The Kier molecular flexibility index (Phi) is 16.3. The number of likely N-dealkylation sites (tertiary alicyclic amines) is 1. The normalized spacial score (nSPS) is 17.6. The van der Waals surface area contributed by atoms with Gasteiger partial charge in [0.25, 0.3) is 0 Å². The summed E-state index contributed by atoms with van der Waals surface area (Å²) in [6, 6.07) is 14.7. The van der Waals surface area contributed by atoms with Gasteiger partial charge in [0.15, 0.2) is 5.82 Å². The molecule has 2 saturated heterocycles. The number of carbonyl (C=O) groups excluding carboxylic acids is 4. The molecular formula is C48H65N9O6S. The molecule has 0 radical (unpaired) electrons. The lowest BCUT2D eigenvalue weighted by Crippen LogP contribution is -2.57. The molecule has 0 spiro atoms. The van der Waals surface area contributed by atoms with Crippen molar-refractivity contribution < 1.29 is 29.4 Å². The molecule has 4 aromatic rings. The van der Waals surface area contributed by atoms with Gasteiger partial charge >= 0.3 is 0 Å². The van der Waals surface area contributed by atoms with Gasteiger partial charge < -0.3 is 41.3 Å². The number of β-amino-alcohol motifs (C(OH)–C–C–N with tert-alkyl or cyclic N) is 1. The number of aromatic nitrogens is 3. The number of aliphatic hydroxyl groups excluding tert-OH is 1. The maximum Gasteiger partial charge on any atom is 0.246 e. The Labute approximate surface area is 380 Å². The molecule has 6 N–H and O–H groups in total. The average molecular weight is 896 g/mol. The van der Waals surface area contributed by atoms with Crippen molar-refractivity contribution in [1.82, 2.24) is 35.6 Å². The molecule has 4 amide bonds. The molecule has 2 aromatic heterocycles. The van der Waals surface area contributed by atoms with Crippen molar-refractivity contribution in [1.29, 1.82) is 0 Å². The molecule has 344 valence electrons. The SMILES string of the molecule is Cc1ncsc1-c1ccc([C@H](C)NC(=O)[C@@H]2C[C@@H](O)CN2C(=O)[C@@H](NC(=O)CCCCCCCCCC(=O)N2CCN(c3cc(-c4ccccc4O)nnc3N)CC2)C(C)(C)C)cc1. The zero-order valence-electron chi connectivity index (χ0n) is 37.9. The third-order valence-corrected chi connectivity index (χ3v) is 13.3. The van der Waals surface area contributed by atoms with Crippen molar-refractivity contribution in [3.63, 3.8) is 0 Å². The number of rotatable bonds is 18. The molecular weight excluding hydrogens is 831 g/mol. The number of thiazole rings is 1. The predicted octanol–water partition coefficient (Wildman–Crippen LogP) is 6.39. The first-order chi connectivity index (χ1) is 30.6. The van der Waals surface area contributed by atoms with Crippen LogP contribution in [0.5, 0.6) is 5.75 Å². The first kappa shape index (κ1) is 47.9. The van der Waals surface area contributed by atoms with E-state index >= 15 is 0 Å². The van der Waals surface area contributed by atoms with Crippen LogP contribution in [0.15, 0.2) is 60.1 Å². The third kappa shape index (κ3) is 12.3.